The highest BCUT2D eigenvalue weighted by Gasteiger charge is 2.25. The minimum Gasteiger partial charge on any atom is -0.478 e. The fourth-order valence-electron chi connectivity index (χ4n) is 2.83. The molecule has 0 saturated heterocycles. The number of anilines is 1. The summed E-state index contributed by atoms with van der Waals surface area (Å²) in [6.07, 6.45) is 1.77. The zero-order valence-corrected chi connectivity index (χ0v) is 13.7. The molecule has 24 heavy (non-hydrogen) atoms. The van der Waals surface area contributed by atoms with E-state index < -0.39 is 0 Å². The SMILES string of the molecule is Cc1noc(N2COC=C2c2ccc(-c3ccccc3)cc2)c1C. The van der Waals surface area contributed by atoms with Crippen molar-refractivity contribution in [2.45, 2.75) is 13.8 Å². The average molecular weight is 318 g/mol. The predicted molar refractivity (Wildman–Crippen MR) is 94.3 cm³/mol. The topological polar surface area (TPSA) is 38.5 Å². The Bertz CT molecular complexity index is 880. The fourth-order valence-corrected chi connectivity index (χ4v) is 2.83. The van der Waals surface area contributed by atoms with Crippen molar-refractivity contribution in [2.75, 3.05) is 11.6 Å². The number of ether oxygens (including phenoxy) is 1. The van der Waals surface area contributed by atoms with Crippen molar-refractivity contribution in [3.63, 3.8) is 0 Å². The van der Waals surface area contributed by atoms with Crippen molar-refractivity contribution in [2.24, 2.45) is 0 Å². The molecule has 0 atom stereocenters. The third-order valence-electron chi connectivity index (χ3n) is 4.35. The van der Waals surface area contributed by atoms with Gasteiger partial charge in [-0.15, -0.1) is 0 Å². The Balaban J connectivity index is 1.65. The number of aryl methyl sites for hydroxylation is 1. The normalized spacial score (nSPS) is 13.8. The smallest absolute Gasteiger partial charge is 0.237 e. The van der Waals surface area contributed by atoms with Crippen molar-refractivity contribution in [3.05, 3.63) is 77.7 Å². The van der Waals surface area contributed by atoms with Crippen LogP contribution in [0, 0.1) is 13.8 Å². The third-order valence-corrected chi connectivity index (χ3v) is 4.35. The van der Waals surface area contributed by atoms with Gasteiger partial charge in [0.25, 0.3) is 0 Å². The fraction of sp³-hybridized carbons (Fsp3) is 0.150. The summed E-state index contributed by atoms with van der Waals surface area (Å²) in [4.78, 5) is 2.01. The number of aromatic nitrogens is 1. The summed E-state index contributed by atoms with van der Waals surface area (Å²) < 4.78 is 11.0. The molecule has 2 heterocycles. The van der Waals surface area contributed by atoms with Crippen LogP contribution in [0.3, 0.4) is 0 Å². The average Bonchev–Trinajstić information content (AvgIpc) is 3.23. The van der Waals surface area contributed by atoms with Gasteiger partial charge in [0.2, 0.25) is 5.88 Å². The summed E-state index contributed by atoms with van der Waals surface area (Å²) in [7, 11) is 0. The van der Waals surface area contributed by atoms with E-state index in [0.29, 0.717) is 6.73 Å². The predicted octanol–water partition coefficient (Wildman–Crippen LogP) is 4.75. The first kappa shape index (κ1) is 14.6. The summed E-state index contributed by atoms with van der Waals surface area (Å²) in [5, 5.41) is 4.04. The Morgan fingerprint density at radius 3 is 2.21 bits per heavy atom. The maximum absolute atomic E-state index is 5.53. The summed E-state index contributed by atoms with van der Waals surface area (Å²) in [5.74, 6) is 0.739. The second kappa shape index (κ2) is 5.89. The third kappa shape index (κ3) is 2.46. The van der Waals surface area contributed by atoms with Crippen LogP contribution in [0.5, 0.6) is 0 Å². The maximum atomic E-state index is 5.53. The van der Waals surface area contributed by atoms with Crippen LogP contribution in [0.2, 0.25) is 0 Å². The molecule has 120 valence electrons. The van der Waals surface area contributed by atoms with E-state index in [4.69, 9.17) is 9.26 Å². The van der Waals surface area contributed by atoms with E-state index in [2.05, 4.69) is 41.6 Å². The zero-order valence-electron chi connectivity index (χ0n) is 13.7. The van der Waals surface area contributed by atoms with E-state index in [9.17, 15) is 0 Å². The van der Waals surface area contributed by atoms with E-state index >= 15 is 0 Å². The number of nitrogens with zero attached hydrogens (tertiary/aromatic N) is 2. The second-order valence-electron chi connectivity index (χ2n) is 5.87. The molecule has 0 amide bonds. The molecule has 4 nitrogen and oxygen atoms in total. The highest BCUT2D eigenvalue weighted by Crippen LogP contribution is 2.34. The molecule has 0 unspecified atom stereocenters. The van der Waals surface area contributed by atoms with Crippen molar-refractivity contribution >= 4 is 11.6 Å². The molecule has 0 aliphatic carbocycles. The van der Waals surface area contributed by atoms with Gasteiger partial charge in [0.15, 0.2) is 6.73 Å². The van der Waals surface area contributed by atoms with Gasteiger partial charge in [-0.1, -0.05) is 59.8 Å². The number of hydrogen-bond acceptors (Lipinski definition) is 4. The lowest BCUT2D eigenvalue weighted by Crippen LogP contribution is -2.18. The van der Waals surface area contributed by atoms with Crippen LogP contribution < -0.4 is 4.90 Å². The van der Waals surface area contributed by atoms with Gasteiger partial charge >= 0.3 is 0 Å². The summed E-state index contributed by atoms with van der Waals surface area (Å²) >= 11 is 0. The number of benzene rings is 2. The molecule has 4 rings (SSSR count). The Kier molecular flexibility index (Phi) is 3.58. The van der Waals surface area contributed by atoms with E-state index in [1.165, 1.54) is 11.1 Å². The van der Waals surface area contributed by atoms with E-state index in [-0.39, 0.29) is 0 Å². The lowest BCUT2D eigenvalue weighted by atomic mass is 10.0. The van der Waals surface area contributed by atoms with Crippen LogP contribution in [-0.4, -0.2) is 11.9 Å². The standard InChI is InChI=1S/C20H18N2O2/c1-14-15(2)21-24-20(14)22-13-23-12-19(22)18-10-8-17(9-11-18)16-6-4-3-5-7-16/h3-12H,13H2,1-2H3. The quantitative estimate of drug-likeness (QED) is 0.698. The van der Waals surface area contributed by atoms with Crippen molar-refractivity contribution in [3.8, 4) is 11.1 Å². The van der Waals surface area contributed by atoms with Crippen LogP contribution in [-0.2, 0) is 4.74 Å². The van der Waals surface area contributed by atoms with Crippen molar-refractivity contribution in [1.82, 2.24) is 5.16 Å². The van der Waals surface area contributed by atoms with Gasteiger partial charge in [0.1, 0.15) is 6.26 Å². The molecule has 2 aromatic carbocycles. The Hall–Kier alpha value is -3.01. The van der Waals surface area contributed by atoms with Gasteiger partial charge in [-0.2, -0.15) is 0 Å². The molecule has 1 aliphatic heterocycles. The molecular weight excluding hydrogens is 300 g/mol. The first-order valence-electron chi connectivity index (χ1n) is 7.92. The van der Waals surface area contributed by atoms with Crippen LogP contribution in [0.1, 0.15) is 16.8 Å². The summed E-state index contributed by atoms with van der Waals surface area (Å²) in [5.41, 5.74) is 6.40. The molecular formula is C20H18N2O2. The number of rotatable bonds is 3. The van der Waals surface area contributed by atoms with Gasteiger partial charge in [0, 0.05) is 11.1 Å². The Labute approximate surface area is 141 Å². The molecule has 0 bridgehead atoms. The molecule has 0 spiro atoms. The van der Waals surface area contributed by atoms with Gasteiger partial charge in [-0.25, -0.2) is 0 Å². The van der Waals surface area contributed by atoms with Crippen LogP contribution in [0.25, 0.3) is 16.8 Å². The zero-order chi connectivity index (χ0) is 16.5. The van der Waals surface area contributed by atoms with Crippen LogP contribution >= 0.6 is 0 Å². The molecule has 0 radical (unpaired) electrons. The highest BCUT2D eigenvalue weighted by atomic mass is 16.5. The van der Waals surface area contributed by atoms with E-state index in [1.807, 2.05) is 36.9 Å². The van der Waals surface area contributed by atoms with Crippen molar-refractivity contribution < 1.29 is 9.26 Å². The van der Waals surface area contributed by atoms with Gasteiger partial charge in [0.05, 0.1) is 11.4 Å². The molecule has 1 aromatic heterocycles. The largest absolute Gasteiger partial charge is 0.478 e. The van der Waals surface area contributed by atoms with Gasteiger partial charge in [-0.05, 0) is 25.0 Å². The lowest BCUT2D eigenvalue weighted by molar-refractivity contribution is 0.275. The second-order valence-corrected chi connectivity index (χ2v) is 5.87. The molecule has 4 heteroatoms. The van der Waals surface area contributed by atoms with Crippen molar-refractivity contribution in [1.29, 1.82) is 0 Å². The molecule has 1 aliphatic rings. The Morgan fingerprint density at radius 1 is 0.875 bits per heavy atom. The van der Waals surface area contributed by atoms with Gasteiger partial charge in [-0.3, -0.25) is 4.90 Å². The first-order valence-corrected chi connectivity index (χ1v) is 7.92. The molecule has 0 saturated carbocycles. The highest BCUT2D eigenvalue weighted by molar-refractivity contribution is 5.80. The van der Waals surface area contributed by atoms with Crippen LogP contribution in [0.15, 0.2) is 65.4 Å². The summed E-state index contributed by atoms with van der Waals surface area (Å²) in [6, 6.07) is 18.8. The minimum absolute atomic E-state index is 0.436. The van der Waals surface area contributed by atoms with E-state index in [0.717, 1.165) is 28.4 Å². The summed E-state index contributed by atoms with van der Waals surface area (Å²) in [6.45, 7) is 4.39. The van der Waals surface area contributed by atoms with Gasteiger partial charge < -0.3 is 9.26 Å². The monoisotopic (exact) mass is 318 g/mol. The lowest BCUT2D eigenvalue weighted by Gasteiger charge is -2.17. The number of hydrogen-bond donors (Lipinski definition) is 0. The van der Waals surface area contributed by atoms with Crippen LogP contribution in [0.4, 0.5) is 5.88 Å². The molecule has 3 aromatic rings. The first-order chi connectivity index (χ1) is 11.7. The minimum atomic E-state index is 0.436. The van der Waals surface area contributed by atoms with E-state index in [1.54, 1.807) is 6.26 Å². The molecule has 0 N–H and O–H groups in total. The Morgan fingerprint density at radius 2 is 1.54 bits per heavy atom. The molecule has 0 fully saturated rings. The maximum Gasteiger partial charge on any atom is 0.237 e.